The summed E-state index contributed by atoms with van der Waals surface area (Å²) in [5, 5.41) is 8.96. The average molecular weight is 371 g/mol. The summed E-state index contributed by atoms with van der Waals surface area (Å²) in [4.78, 5) is 3.83. The molecule has 2 aromatic rings. The molecule has 1 N–H and O–H groups in total. The van der Waals surface area contributed by atoms with Gasteiger partial charge in [0, 0.05) is 11.8 Å². The molecule has 1 aromatic carbocycles. The molecule has 1 aromatic heterocycles. The number of aromatic nitrogens is 1. The van der Waals surface area contributed by atoms with Crippen LogP contribution in [0.1, 0.15) is 5.56 Å². The van der Waals surface area contributed by atoms with Crippen LogP contribution in [0.15, 0.2) is 36.7 Å². The van der Waals surface area contributed by atoms with Gasteiger partial charge in [-0.1, -0.05) is 6.07 Å². The van der Waals surface area contributed by atoms with Gasteiger partial charge in [-0.3, -0.25) is 9.71 Å². The van der Waals surface area contributed by atoms with E-state index in [1.165, 1.54) is 25.4 Å². The van der Waals surface area contributed by atoms with Crippen molar-refractivity contribution in [2.75, 3.05) is 17.6 Å². The zero-order chi connectivity index (χ0) is 18.7. The van der Waals surface area contributed by atoms with Gasteiger partial charge in [-0.2, -0.15) is 18.4 Å². The molecule has 0 spiro atoms. The summed E-state index contributed by atoms with van der Waals surface area (Å²) in [6.07, 6.45) is -2.35. The van der Waals surface area contributed by atoms with Crippen LogP contribution >= 0.6 is 0 Å². The molecule has 0 atom stereocenters. The Bertz CT molecular complexity index is 922. The van der Waals surface area contributed by atoms with Gasteiger partial charge in [-0.25, -0.2) is 8.42 Å². The predicted octanol–water partition coefficient (Wildman–Crippen LogP) is 2.93. The predicted molar refractivity (Wildman–Crippen MR) is 84.4 cm³/mol. The van der Waals surface area contributed by atoms with E-state index >= 15 is 0 Å². The number of sulfonamides is 1. The second-order valence-electron chi connectivity index (χ2n) is 4.97. The minimum absolute atomic E-state index is 0.106. The van der Waals surface area contributed by atoms with Crippen molar-refractivity contribution in [1.82, 2.24) is 4.98 Å². The minimum Gasteiger partial charge on any atom is -0.495 e. The second kappa shape index (κ2) is 6.98. The van der Waals surface area contributed by atoms with Crippen LogP contribution in [-0.2, 0) is 10.0 Å². The Kier molecular flexibility index (Phi) is 5.18. The molecule has 0 aliphatic carbocycles. The van der Waals surface area contributed by atoms with E-state index in [1.807, 2.05) is 10.8 Å². The fourth-order valence-corrected chi connectivity index (χ4v) is 3.02. The molecule has 0 amide bonds. The minimum atomic E-state index is -4.85. The number of ether oxygens (including phenoxy) is 1. The van der Waals surface area contributed by atoms with Crippen LogP contribution in [0, 0.1) is 11.3 Å². The fraction of sp³-hybridized carbons (Fsp3) is 0.200. The Morgan fingerprint density at radius 3 is 2.56 bits per heavy atom. The first kappa shape index (κ1) is 18.5. The van der Waals surface area contributed by atoms with E-state index in [-0.39, 0.29) is 5.69 Å². The molecule has 0 unspecified atom stereocenters. The highest BCUT2D eigenvalue weighted by atomic mass is 32.2. The Balaban J connectivity index is 2.32. The van der Waals surface area contributed by atoms with Gasteiger partial charge >= 0.3 is 6.18 Å². The first-order valence-electron chi connectivity index (χ1n) is 6.74. The van der Waals surface area contributed by atoms with Crippen LogP contribution in [0.4, 0.5) is 18.9 Å². The smallest absolute Gasteiger partial charge is 0.404 e. The number of halogens is 3. The number of pyridine rings is 1. The zero-order valence-electron chi connectivity index (χ0n) is 12.8. The summed E-state index contributed by atoms with van der Waals surface area (Å²) in [5.41, 5.74) is 1.20. The lowest BCUT2D eigenvalue weighted by Crippen LogP contribution is -2.27. The molecule has 132 valence electrons. The molecule has 0 aliphatic heterocycles. The van der Waals surface area contributed by atoms with Gasteiger partial charge in [-0.15, -0.1) is 0 Å². The lowest BCUT2D eigenvalue weighted by molar-refractivity contribution is -0.106. The van der Waals surface area contributed by atoms with Crippen molar-refractivity contribution in [1.29, 1.82) is 5.26 Å². The Morgan fingerprint density at radius 2 is 1.96 bits per heavy atom. The quantitative estimate of drug-likeness (QED) is 0.872. The summed E-state index contributed by atoms with van der Waals surface area (Å²) in [5.74, 6) is -1.68. The number of hydrogen-bond donors (Lipinski definition) is 1. The summed E-state index contributed by atoms with van der Waals surface area (Å²) in [7, 11) is -3.21. The van der Waals surface area contributed by atoms with Gasteiger partial charge in [0.25, 0.3) is 0 Å². The second-order valence-corrected chi connectivity index (χ2v) is 6.69. The molecule has 1 heterocycles. The Labute approximate surface area is 141 Å². The molecule has 25 heavy (non-hydrogen) atoms. The topological polar surface area (TPSA) is 92.1 Å². The van der Waals surface area contributed by atoms with Gasteiger partial charge in [0.15, 0.2) is 5.75 Å². The highest BCUT2D eigenvalue weighted by Crippen LogP contribution is 2.28. The summed E-state index contributed by atoms with van der Waals surface area (Å²) in [6.45, 7) is 0. The monoisotopic (exact) mass is 371 g/mol. The van der Waals surface area contributed by atoms with Crippen LogP contribution < -0.4 is 9.46 Å². The number of anilines is 1. The first-order valence-corrected chi connectivity index (χ1v) is 8.39. The molecule has 0 radical (unpaired) electrons. The van der Waals surface area contributed by atoms with Crippen molar-refractivity contribution < 1.29 is 26.3 Å². The number of benzene rings is 1. The molecule has 6 nitrogen and oxygen atoms in total. The summed E-state index contributed by atoms with van der Waals surface area (Å²) < 4.78 is 66.8. The molecule has 0 saturated carbocycles. The van der Waals surface area contributed by atoms with E-state index < -0.39 is 22.0 Å². The highest BCUT2D eigenvalue weighted by molar-refractivity contribution is 7.92. The van der Waals surface area contributed by atoms with Gasteiger partial charge in [0.1, 0.15) is 11.8 Å². The average Bonchev–Trinajstić information content (AvgIpc) is 2.51. The zero-order valence-corrected chi connectivity index (χ0v) is 13.6. The highest BCUT2D eigenvalue weighted by Gasteiger charge is 2.35. The number of alkyl halides is 3. The van der Waals surface area contributed by atoms with E-state index in [4.69, 9.17) is 10.00 Å². The maximum atomic E-state index is 12.3. The molecular formula is C15H12F3N3O3S. The van der Waals surface area contributed by atoms with Crippen LogP contribution in [0.2, 0.25) is 0 Å². The van der Waals surface area contributed by atoms with E-state index in [0.29, 0.717) is 22.4 Å². The molecule has 0 bridgehead atoms. The van der Waals surface area contributed by atoms with Crippen molar-refractivity contribution in [3.63, 3.8) is 0 Å². The maximum absolute atomic E-state index is 12.3. The Morgan fingerprint density at radius 1 is 1.24 bits per heavy atom. The third-order valence-corrected chi connectivity index (χ3v) is 4.27. The van der Waals surface area contributed by atoms with Gasteiger partial charge in [0.2, 0.25) is 10.0 Å². The van der Waals surface area contributed by atoms with E-state index in [1.54, 1.807) is 12.1 Å². The number of nitrogens with zero attached hydrogens (tertiary/aromatic N) is 2. The lowest BCUT2D eigenvalue weighted by atomic mass is 10.0. The molecule has 0 saturated heterocycles. The largest absolute Gasteiger partial charge is 0.495 e. The lowest BCUT2D eigenvalue weighted by Gasteiger charge is -2.11. The summed E-state index contributed by atoms with van der Waals surface area (Å²) in [6, 6.07) is 7.93. The third kappa shape index (κ3) is 5.09. The summed E-state index contributed by atoms with van der Waals surface area (Å²) >= 11 is 0. The molecule has 10 heteroatoms. The molecular weight excluding hydrogens is 359 g/mol. The maximum Gasteiger partial charge on any atom is 0.404 e. The third-order valence-electron chi connectivity index (χ3n) is 3.02. The number of nitriles is 1. The van der Waals surface area contributed by atoms with Crippen molar-refractivity contribution in [3.05, 3.63) is 42.2 Å². The van der Waals surface area contributed by atoms with Crippen LogP contribution in [-0.4, -0.2) is 32.4 Å². The molecule has 2 rings (SSSR count). The first-order chi connectivity index (χ1) is 11.6. The normalized spacial score (nSPS) is 11.6. The molecule has 0 aliphatic rings. The number of rotatable bonds is 5. The fourth-order valence-electron chi connectivity index (χ4n) is 2.05. The van der Waals surface area contributed by atoms with Crippen LogP contribution in [0.3, 0.4) is 0 Å². The van der Waals surface area contributed by atoms with Crippen molar-refractivity contribution in [2.24, 2.45) is 0 Å². The van der Waals surface area contributed by atoms with E-state index in [0.717, 1.165) is 6.20 Å². The standard InChI is InChI=1S/C15H12F3N3O3S/c1-24-14-5-10(2-3-11(14)6-19)12-4-13(8-20-7-12)21-25(22,23)9-15(16,17)18/h2-5,7-8,21H,9H2,1H3. The Hall–Kier alpha value is -2.80. The van der Waals surface area contributed by atoms with Crippen LogP contribution in [0.25, 0.3) is 11.1 Å². The van der Waals surface area contributed by atoms with E-state index in [2.05, 4.69) is 4.98 Å². The van der Waals surface area contributed by atoms with Crippen molar-refractivity contribution >= 4 is 15.7 Å². The van der Waals surface area contributed by atoms with Gasteiger partial charge in [0.05, 0.1) is 24.6 Å². The number of hydrogen-bond acceptors (Lipinski definition) is 5. The van der Waals surface area contributed by atoms with Crippen molar-refractivity contribution in [3.8, 4) is 22.9 Å². The van der Waals surface area contributed by atoms with E-state index in [9.17, 15) is 21.6 Å². The number of nitrogens with one attached hydrogen (secondary N) is 1. The number of methoxy groups -OCH3 is 1. The molecule has 0 fully saturated rings. The van der Waals surface area contributed by atoms with Crippen LogP contribution in [0.5, 0.6) is 5.75 Å². The van der Waals surface area contributed by atoms with Crippen molar-refractivity contribution in [2.45, 2.75) is 6.18 Å². The SMILES string of the molecule is COc1cc(-c2cncc(NS(=O)(=O)CC(F)(F)F)c2)ccc1C#N. The van der Waals surface area contributed by atoms with Gasteiger partial charge < -0.3 is 4.74 Å². The van der Waals surface area contributed by atoms with Gasteiger partial charge in [-0.05, 0) is 23.8 Å².